The molecule has 26 heavy (non-hydrogen) atoms. The number of alkyl halides is 6. The molecule has 0 saturated heterocycles. The van der Waals surface area contributed by atoms with Crippen molar-refractivity contribution in [2.45, 2.75) is 12.4 Å². The van der Waals surface area contributed by atoms with E-state index in [-0.39, 0.29) is 0 Å². The Kier molecular flexibility index (Phi) is 4.48. The van der Waals surface area contributed by atoms with Crippen molar-refractivity contribution in [1.82, 2.24) is 4.98 Å². The van der Waals surface area contributed by atoms with Crippen molar-refractivity contribution in [2.75, 3.05) is 0 Å². The predicted molar refractivity (Wildman–Crippen MR) is 85.1 cm³/mol. The quantitative estimate of drug-likeness (QED) is 0.474. The number of nitrogens with zero attached hydrogens (tertiary/aromatic N) is 1. The minimum Gasteiger partial charge on any atom is -0.256 e. The van der Waals surface area contributed by atoms with Crippen LogP contribution in [0.15, 0.2) is 66.9 Å². The number of rotatable bonds is 2. The van der Waals surface area contributed by atoms with Gasteiger partial charge in [0.2, 0.25) is 0 Å². The summed E-state index contributed by atoms with van der Waals surface area (Å²) >= 11 is 0. The summed E-state index contributed by atoms with van der Waals surface area (Å²) in [6.45, 7) is 0. The molecule has 0 bridgehead atoms. The molecule has 134 valence electrons. The Bertz CT molecular complexity index is 817. The molecule has 1 aromatic heterocycles. The van der Waals surface area contributed by atoms with Gasteiger partial charge in [-0.25, -0.2) is 0 Å². The van der Waals surface area contributed by atoms with Crippen LogP contribution in [-0.4, -0.2) is 4.98 Å². The molecule has 2 aromatic carbocycles. The van der Waals surface area contributed by atoms with Crippen LogP contribution < -0.4 is 0 Å². The molecule has 0 N–H and O–H groups in total. The lowest BCUT2D eigenvalue weighted by atomic mass is 9.98. The SMILES string of the molecule is FC(F)(F)c1ccc(-c2cccnc2-c2ccc(C(F)(F)F)cc2)cc1. The molecule has 0 aliphatic carbocycles. The van der Waals surface area contributed by atoms with Gasteiger partial charge in [0.25, 0.3) is 0 Å². The number of hydrogen-bond acceptors (Lipinski definition) is 1. The zero-order chi connectivity index (χ0) is 18.9. The number of halogens is 6. The van der Waals surface area contributed by atoms with Crippen molar-refractivity contribution >= 4 is 0 Å². The lowest BCUT2D eigenvalue weighted by molar-refractivity contribution is -0.138. The standard InChI is InChI=1S/C19H11F6N/c20-18(21,22)14-7-3-12(4-8-14)16-2-1-11-26-17(16)13-5-9-15(10-6-13)19(23,24)25/h1-11H. The first-order valence-corrected chi connectivity index (χ1v) is 7.46. The third kappa shape index (κ3) is 3.71. The van der Waals surface area contributed by atoms with Crippen LogP contribution in [0.3, 0.4) is 0 Å². The topological polar surface area (TPSA) is 12.9 Å². The summed E-state index contributed by atoms with van der Waals surface area (Å²) in [4.78, 5) is 4.18. The number of pyridine rings is 1. The first-order chi connectivity index (χ1) is 12.2. The molecular weight excluding hydrogens is 356 g/mol. The maximum Gasteiger partial charge on any atom is 0.416 e. The molecule has 0 spiro atoms. The van der Waals surface area contributed by atoms with Gasteiger partial charge in [0, 0.05) is 17.3 Å². The van der Waals surface area contributed by atoms with Gasteiger partial charge >= 0.3 is 12.4 Å². The van der Waals surface area contributed by atoms with Gasteiger partial charge in [0.1, 0.15) is 0 Å². The van der Waals surface area contributed by atoms with Crippen LogP contribution in [-0.2, 0) is 12.4 Å². The summed E-state index contributed by atoms with van der Waals surface area (Å²) in [5.41, 5.74) is 0.283. The number of benzene rings is 2. The molecule has 0 radical (unpaired) electrons. The van der Waals surface area contributed by atoms with Crippen molar-refractivity contribution in [3.8, 4) is 22.4 Å². The van der Waals surface area contributed by atoms with Crippen molar-refractivity contribution in [2.24, 2.45) is 0 Å². The fourth-order valence-corrected chi connectivity index (χ4v) is 2.52. The normalized spacial score (nSPS) is 12.2. The van der Waals surface area contributed by atoms with Crippen LogP contribution in [0.5, 0.6) is 0 Å². The van der Waals surface area contributed by atoms with E-state index >= 15 is 0 Å². The monoisotopic (exact) mass is 367 g/mol. The van der Waals surface area contributed by atoms with Crippen molar-refractivity contribution in [1.29, 1.82) is 0 Å². The Morgan fingerprint density at radius 2 is 1.04 bits per heavy atom. The van der Waals surface area contributed by atoms with Crippen LogP contribution in [0.1, 0.15) is 11.1 Å². The van der Waals surface area contributed by atoms with E-state index in [2.05, 4.69) is 4.98 Å². The lowest BCUT2D eigenvalue weighted by Crippen LogP contribution is -2.04. The van der Waals surface area contributed by atoms with E-state index in [0.717, 1.165) is 24.3 Å². The average Bonchev–Trinajstić information content (AvgIpc) is 2.60. The van der Waals surface area contributed by atoms with Crippen LogP contribution in [0, 0.1) is 0 Å². The highest BCUT2D eigenvalue weighted by Gasteiger charge is 2.31. The minimum atomic E-state index is -4.45. The van der Waals surface area contributed by atoms with Crippen LogP contribution >= 0.6 is 0 Å². The molecule has 0 aliphatic rings. The van der Waals surface area contributed by atoms with Gasteiger partial charge in [-0.3, -0.25) is 4.98 Å². The van der Waals surface area contributed by atoms with Gasteiger partial charge in [-0.05, 0) is 35.9 Å². The molecule has 7 heteroatoms. The van der Waals surface area contributed by atoms with Crippen LogP contribution in [0.4, 0.5) is 26.3 Å². The summed E-state index contributed by atoms with van der Waals surface area (Å²) in [6.07, 6.45) is -7.41. The summed E-state index contributed by atoms with van der Waals surface area (Å²) in [7, 11) is 0. The second-order valence-electron chi connectivity index (χ2n) is 5.55. The molecule has 0 atom stereocenters. The first-order valence-electron chi connectivity index (χ1n) is 7.46. The smallest absolute Gasteiger partial charge is 0.256 e. The summed E-state index contributed by atoms with van der Waals surface area (Å²) < 4.78 is 76.2. The van der Waals surface area contributed by atoms with Crippen LogP contribution in [0.25, 0.3) is 22.4 Å². The third-order valence-electron chi connectivity index (χ3n) is 3.82. The fraction of sp³-hybridized carbons (Fsp3) is 0.105. The van der Waals surface area contributed by atoms with Gasteiger partial charge in [-0.15, -0.1) is 0 Å². The van der Waals surface area contributed by atoms with E-state index in [9.17, 15) is 26.3 Å². The number of aromatic nitrogens is 1. The van der Waals surface area contributed by atoms with E-state index in [1.165, 1.54) is 30.5 Å². The average molecular weight is 367 g/mol. The van der Waals surface area contributed by atoms with Gasteiger partial charge in [0.15, 0.2) is 0 Å². The highest BCUT2D eigenvalue weighted by molar-refractivity contribution is 5.80. The molecular formula is C19H11F6N. The molecule has 0 saturated carbocycles. The Morgan fingerprint density at radius 1 is 0.577 bits per heavy atom. The fourth-order valence-electron chi connectivity index (χ4n) is 2.52. The van der Waals surface area contributed by atoms with Crippen molar-refractivity contribution in [3.63, 3.8) is 0 Å². The van der Waals surface area contributed by atoms with E-state index in [1.807, 2.05) is 0 Å². The molecule has 0 amide bonds. The molecule has 1 heterocycles. The maximum atomic E-state index is 12.7. The van der Waals surface area contributed by atoms with Gasteiger partial charge < -0.3 is 0 Å². The summed E-state index contributed by atoms with van der Waals surface area (Å²) in [5, 5.41) is 0. The largest absolute Gasteiger partial charge is 0.416 e. The number of hydrogen-bond donors (Lipinski definition) is 0. The van der Waals surface area contributed by atoms with E-state index < -0.39 is 23.5 Å². The van der Waals surface area contributed by atoms with Crippen molar-refractivity contribution < 1.29 is 26.3 Å². The Morgan fingerprint density at radius 3 is 1.50 bits per heavy atom. The summed E-state index contributed by atoms with van der Waals surface area (Å²) in [6, 6.07) is 12.3. The predicted octanol–water partition coefficient (Wildman–Crippen LogP) is 6.45. The zero-order valence-corrected chi connectivity index (χ0v) is 13.1. The molecule has 3 aromatic rings. The molecule has 0 unspecified atom stereocenters. The minimum absolute atomic E-state index is 0.390. The Labute approximate surface area is 144 Å². The van der Waals surface area contributed by atoms with Crippen LogP contribution in [0.2, 0.25) is 0 Å². The Hall–Kier alpha value is -2.83. The molecule has 1 nitrogen and oxygen atoms in total. The van der Waals surface area contributed by atoms with E-state index in [0.29, 0.717) is 22.4 Å². The van der Waals surface area contributed by atoms with E-state index in [4.69, 9.17) is 0 Å². The van der Waals surface area contributed by atoms with E-state index in [1.54, 1.807) is 12.1 Å². The van der Waals surface area contributed by atoms with Gasteiger partial charge in [0.05, 0.1) is 16.8 Å². The van der Waals surface area contributed by atoms with Crippen molar-refractivity contribution in [3.05, 3.63) is 78.0 Å². The molecule has 0 fully saturated rings. The first kappa shape index (κ1) is 18.0. The molecule has 3 rings (SSSR count). The second-order valence-corrected chi connectivity index (χ2v) is 5.55. The lowest BCUT2D eigenvalue weighted by Gasteiger charge is -2.12. The highest BCUT2D eigenvalue weighted by atomic mass is 19.4. The third-order valence-corrected chi connectivity index (χ3v) is 3.82. The highest BCUT2D eigenvalue weighted by Crippen LogP contribution is 2.35. The zero-order valence-electron chi connectivity index (χ0n) is 13.1. The maximum absolute atomic E-state index is 12.7. The van der Waals surface area contributed by atoms with Gasteiger partial charge in [-0.2, -0.15) is 26.3 Å². The second kappa shape index (κ2) is 6.48. The van der Waals surface area contributed by atoms with Gasteiger partial charge in [-0.1, -0.05) is 30.3 Å². The molecule has 0 aliphatic heterocycles. The summed E-state index contributed by atoms with van der Waals surface area (Å²) in [5.74, 6) is 0. The Balaban J connectivity index is 2.01.